The van der Waals surface area contributed by atoms with Gasteiger partial charge >= 0.3 is 5.97 Å². The highest BCUT2D eigenvalue weighted by Gasteiger charge is 2.24. The van der Waals surface area contributed by atoms with Crippen molar-refractivity contribution in [1.82, 2.24) is 5.32 Å². The lowest BCUT2D eigenvalue weighted by Gasteiger charge is -2.14. The van der Waals surface area contributed by atoms with Crippen LogP contribution in [0.2, 0.25) is 0 Å². The minimum absolute atomic E-state index is 0.0289. The first kappa shape index (κ1) is 14.3. The fraction of sp³-hybridized carbons (Fsp3) is 0.375. The topological polar surface area (TPSA) is 66.4 Å². The van der Waals surface area contributed by atoms with E-state index in [4.69, 9.17) is 5.11 Å². The smallest absolute Gasteiger partial charge is 0.328 e. The van der Waals surface area contributed by atoms with Gasteiger partial charge in [-0.15, -0.1) is 0 Å². The number of carboxylic acids is 1. The van der Waals surface area contributed by atoms with Crippen LogP contribution in [0.5, 0.6) is 0 Å². The molecule has 1 fully saturated rings. The van der Waals surface area contributed by atoms with Crippen LogP contribution in [-0.2, 0) is 9.59 Å². The first-order valence-corrected chi connectivity index (χ1v) is 6.85. The van der Waals surface area contributed by atoms with Gasteiger partial charge in [-0.05, 0) is 42.9 Å². The Morgan fingerprint density at radius 3 is 2.55 bits per heavy atom. The molecule has 1 aromatic carbocycles. The maximum absolute atomic E-state index is 11.7. The number of nitrogens with one attached hydrogen (secondary N) is 1. The van der Waals surface area contributed by atoms with Gasteiger partial charge < -0.3 is 10.4 Å². The molecule has 1 unspecified atom stereocenters. The average Bonchev–Trinajstić information content (AvgIpc) is 3.20. The Hall–Kier alpha value is -2.10. The fourth-order valence-corrected chi connectivity index (χ4v) is 2.03. The van der Waals surface area contributed by atoms with Gasteiger partial charge in [-0.1, -0.05) is 24.3 Å². The van der Waals surface area contributed by atoms with Crippen LogP contribution in [-0.4, -0.2) is 17.0 Å². The molecule has 0 saturated heterocycles. The second-order valence-electron chi connectivity index (χ2n) is 5.27. The number of benzene rings is 1. The predicted octanol–water partition coefficient (Wildman–Crippen LogP) is 2.76. The molecule has 1 atom stereocenters. The molecule has 1 amide bonds. The lowest BCUT2D eigenvalue weighted by molar-refractivity contribution is -0.131. The normalized spacial score (nSPS) is 16.1. The van der Waals surface area contributed by atoms with Crippen molar-refractivity contribution in [3.63, 3.8) is 0 Å². The van der Waals surface area contributed by atoms with E-state index in [0.29, 0.717) is 12.3 Å². The van der Waals surface area contributed by atoms with E-state index in [9.17, 15) is 9.59 Å². The molecule has 4 nitrogen and oxygen atoms in total. The van der Waals surface area contributed by atoms with Gasteiger partial charge in [-0.25, -0.2) is 4.79 Å². The van der Waals surface area contributed by atoms with E-state index in [0.717, 1.165) is 17.2 Å². The van der Waals surface area contributed by atoms with Crippen LogP contribution in [0, 0.1) is 5.92 Å². The quantitative estimate of drug-likeness (QED) is 0.783. The summed E-state index contributed by atoms with van der Waals surface area (Å²) in [4.78, 5) is 22.2. The molecule has 0 bridgehead atoms. The molecule has 2 N–H and O–H groups in total. The molecule has 0 spiro atoms. The Balaban J connectivity index is 1.90. The number of carbonyl (C=O) groups excluding carboxylic acids is 1. The number of aliphatic carboxylic acids is 1. The molecule has 2 rings (SSSR count). The van der Waals surface area contributed by atoms with E-state index in [1.165, 1.54) is 12.8 Å². The second kappa shape index (κ2) is 6.37. The standard InChI is InChI=1S/C16H19NO3/c1-11(17-15(18)10-13-2-3-13)14-7-4-12(5-8-14)6-9-16(19)20/h4-9,11,13H,2-3,10H2,1H3,(H,17,18)(H,19,20). The third-order valence-corrected chi connectivity index (χ3v) is 3.40. The minimum atomic E-state index is -0.963. The van der Waals surface area contributed by atoms with Crippen molar-refractivity contribution in [1.29, 1.82) is 0 Å². The number of carboxylic acid groups (broad SMARTS) is 1. The van der Waals surface area contributed by atoms with Crippen molar-refractivity contribution in [3.05, 3.63) is 41.5 Å². The minimum Gasteiger partial charge on any atom is -0.478 e. The van der Waals surface area contributed by atoms with Crippen LogP contribution in [0.3, 0.4) is 0 Å². The number of hydrogen-bond acceptors (Lipinski definition) is 2. The highest BCUT2D eigenvalue weighted by molar-refractivity contribution is 5.85. The summed E-state index contributed by atoms with van der Waals surface area (Å²) in [6.45, 7) is 1.95. The van der Waals surface area contributed by atoms with Crippen molar-refractivity contribution >= 4 is 18.0 Å². The van der Waals surface area contributed by atoms with E-state index in [2.05, 4.69) is 5.32 Å². The molecule has 1 aliphatic rings. The molecule has 20 heavy (non-hydrogen) atoms. The number of amides is 1. The lowest BCUT2D eigenvalue weighted by atomic mass is 10.1. The SMILES string of the molecule is CC(NC(=O)CC1CC1)c1ccc(C=CC(=O)O)cc1. The molecule has 0 heterocycles. The van der Waals surface area contributed by atoms with Crippen molar-refractivity contribution in [2.45, 2.75) is 32.2 Å². The summed E-state index contributed by atoms with van der Waals surface area (Å²) in [5, 5.41) is 11.5. The van der Waals surface area contributed by atoms with Gasteiger partial charge in [0.1, 0.15) is 0 Å². The van der Waals surface area contributed by atoms with E-state index in [-0.39, 0.29) is 11.9 Å². The van der Waals surface area contributed by atoms with E-state index in [1.807, 2.05) is 31.2 Å². The van der Waals surface area contributed by atoms with Gasteiger partial charge in [0, 0.05) is 12.5 Å². The zero-order valence-corrected chi connectivity index (χ0v) is 11.5. The molecule has 0 aromatic heterocycles. The van der Waals surface area contributed by atoms with Crippen LogP contribution in [0.15, 0.2) is 30.3 Å². The van der Waals surface area contributed by atoms with Crippen LogP contribution < -0.4 is 5.32 Å². The van der Waals surface area contributed by atoms with Crippen molar-refractivity contribution in [3.8, 4) is 0 Å². The van der Waals surface area contributed by atoms with Crippen LogP contribution in [0.4, 0.5) is 0 Å². The zero-order chi connectivity index (χ0) is 14.5. The summed E-state index contributed by atoms with van der Waals surface area (Å²) in [5.74, 6) is -0.268. The van der Waals surface area contributed by atoms with Crippen LogP contribution in [0.25, 0.3) is 6.08 Å². The Kier molecular flexibility index (Phi) is 4.56. The summed E-state index contributed by atoms with van der Waals surface area (Å²) in [6.07, 6.45) is 5.63. The van der Waals surface area contributed by atoms with Gasteiger partial charge in [0.05, 0.1) is 6.04 Å². The third-order valence-electron chi connectivity index (χ3n) is 3.40. The number of hydrogen-bond donors (Lipinski definition) is 2. The maximum atomic E-state index is 11.7. The molecule has 1 aromatic rings. The highest BCUT2D eigenvalue weighted by atomic mass is 16.4. The van der Waals surface area contributed by atoms with Gasteiger partial charge in [0.2, 0.25) is 5.91 Å². The van der Waals surface area contributed by atoms with Gasteiger partial charge in [-0.2, -0.15) is 0 Å². The first-order chi connectivity index (χ1) is 9.54. The molecule has 0 radical (unpaired) electrons. The van der Waals surface area contributed by atoms with Gasteiger partial charge in [0.15, 0.2) is 0 Å². The lowest BCUT2D eigenvalue weighted by Crippen LogP contribution is -2.26. The summed E-state index contributed by atoms with van der Waals surface area (Å²) >= 11 is 0. The first-order valence-electron chi connectivity index (χ1n) is 6.85. The molecule has 0 aliphatic heterocycles. The van der Waals surface area contributed by atoms with Crippen LogP contribution in [0.1, 0.15) is 43.4 Å². The molecular formula is C16H19NO3. The molecule has 106 valence electrons. The van der Waals surface area contributed by atoms with Crippen molar-refractivity contribution in [2.75, 3.05) is 0 Å². The maximum Gasteiger partial charge on any atom is 0.328 e. The Morgan fingerprint density at radius 2 is 2.00 bits per heavy atom. The summed E-state index contributed by atoms with van der Waals surface area (Å²) in [6, 6.07) is 7.47. The Labute approximate surface area is 118 Å². The highest BCUT2D eigenvalue weighted by Crippen LogP contribution is 2.32. The van der Waals surface area contributed by atoms with Crippen LogP contribution >= 0.6 is 0 Å². The summed E-state index contributed by atoms with van der Waals surface area (Å²) in [7, 11) is 0. The number of carbonyl (C=O) groups is 2. The molecular weight excluding hydrogens is 254 g/mol. The largest absolute Gasteiger partial charge is 0.478 e. The van der Waals surface area contributed by atoms with Gasteiger partial charge in [-0.3, -0.25) is 4.79 Å². The predicted molar refractivity (Wildman–Crippen MR) is 77.0 cm³/mol. The summed E-state index contributed by atoms with van der Waals surface area (Å²) in [5.41, 5.74) is 1.84. The molecule has 4 heteroatoms. The third kappa shape index (κ3) is 4.53. The van der Waals surface area contributed by atoms with E-state index in [1.54, 1.807) is 6.08 Å². The van der Waals surface area contributed by atoms with Crippen molar-refractivity contribution < 1.29 is 14.7 Å². The monoisotopic (exact) mass is 273 g/mol. The fourth-order valence-electron chi connectivity index (χ4n) is 2.03. The molecule has 1 saturated carbocycles. The Morgan fingerprint density at radius 1 is 1.35 bits per heavy atom. The summed E-state index contributed by atoms with van der Waals surface area (Å²) < 4.78 is 0. The zero-order valence-electron chi connectivity index (χ0n) is 11.5. The number of rotatable bonds is 6. The van der Waals surface area contributed by atoms with Gasteiger partial charge in [0.25, 0.3) is 0 Å². The van der Waals surface area contributed by atoms with Crippen molar-refractivity contribution in [2.24, 2.45) is 5.92 Å². The Bertz CT molecular complexity index is 515. The van der Waals surface area contributed by atoms with E-state index >= 15 is 0 Å². The average molecular weight is 273 g/mol. The van der Waals surface area contributed by atoms with E-state index < -0.39 is 5.97 Å². The second-order valence-corrected chi connectivity index (χ2v) is 5.27. The molecule has 1 aliphatic carbocycles.